The molecule has 0 saturated heterocycles. The van der Waals surface area contributed by atoms with E-state index in [4.69, 9.17) is 4.74 Å². The Morgan fingerprint density at radius 3 is 2.30 bits per heavy atom. The first-order valence-electron chi connectivity index (χ1n) is 11.6. The van der Waals surface area contributed by atoms with Crippen LogP contribution in [0.2, 0.25) is 0 Å². The molecule has 2 atom stereocenters. The third-order valence-electron chi connectivity index (χ3n) is 7.36. The van der Waals surface area contributed by atoms with Crippen molar-refractivity contribution in [1.29, 1.82) is 0 Å². The van der Waals surface area contributed by atoms with Gasteiger partial charge >= 0.3 is 0 Å². The van der Waals surface area contributed by atoms with Crippen LogP contribution in [0.15, 0.2) is 41.7 Å². The Hall–Kier alpha value is -1.71. The molecule has 30 heavy (non-hydrogen) atoms. The average Bonchev–Trinajstić information content (AvgIpc) is 2.78. The van der Waals surface area contributed by atoms with E-state index < -0.39 is 12.3 Å². The number of ether oxygens (including phenoxy) is 1. The third-order valence-corrected chi connectivity index (χ3v) is 7.36. The van der Waals surface area contributed by atoms with Crippen molar-refractivity contribution >= 4 is 0 Å². The molecule has 0 bridgehead atoms. The summed E-state index contributed by atoms with van der Waals surface area (Å²) in [5.74, 6) is 0.899. The maximum absolute atomic E-state index is 14.7. The number of aryl methyl sites for hydroxylation is 1. The van der Waals surface area contributed by atoms with Gasteiger partial charge in [0.2, 0.25) is 0 Å². The molecule has 2 saturated carbocycles. The second-order valence-corrected chi connectivity index (χ2v) is 9.41. The molecule has 0 heterocycles. The average molecular weight is 419 g/mol. The van der Waals surface area contributed by atoms with Crippen LogP contribution in [0.5, 0.6) is 0 Å². The van der Waals surface area contributed by atoms with Crippen molar-refractivity contribution in [1.82, 2.24) is 0 Å². The van der Waals surface area contributed by atoms with Gasteiger partial charge in [-0.3, -0.25) is 0 Å². The van der Waals surface area contributed by atoms with E-state index in [1.165, 1.54) is 6.42 Å². The van der Waals surface area contributed by atoms with Gasteiger partial charge in [0.25, 0.3) is 0 Å². The van der Waals surface area contributed by atoms with E-state index in [0.717, 1.165) is 56.9 Å². The molecular formula is C26H33F3O. The van der Waals surface area contributed by atoms with Crippen LogP contribution in [0, 0.1) is 24.6 Å². The summed E-state index contributed by atoms with van der Waals surface area (Å²) in [6, 6.07) is 5.53. The molecule has 3 aliphatic rings. The first-order valence-corrected chi connectivity index (χ1v) is 11.6. The normalized spacial score (nSPS) is 30.5. The quantitative estimate of drug-likeness (QED) is 0.481. The lowest BCUT2D eigenvalue weighted by Gasteiger charge is -2.32. The van der Waals surface area contributed by atoms with E-state index in [-0.39, 0.29) is 17.5 Å². The standard InChI is InChI=1S/C26H33F3O/c1-17-7-10-21(15-23(17)27)19-11-8-18(9-12-19)16-30-24-14-13-22(25(28)26(24)29)20-5-3-2-4-6-20/h7,10,13-15,18-20,25-26H,2-6,8-9,11-12,16H2,1H3. The fourth-order valence-electron chi connectivity index (χ4n) is 5.34. The van der Waals surface area contributed by atoms with Crippen LogP contribution in [0.3, 0.4) is 0 Å². The summed E-state index contributed by atoms with van der Waals surface area (Å²) >= 11 is 0. The highest BCUT2D eigenvalue weighted by Gasteiger charge is 2.36. The lowest BCUT2D eigenvalue weighted by Crippen LogP contribution is -2.31. The number of hydrogen-bond donors (Lipinski definition) is 0. The Bertz CT molecular complexity index is 785. The van der Waals surface area contributed by atoms with Gasteiger partial charge in [0.15, 0.2) is 12.3 Å². The molecule has 0 aliphatic heterocycles. The minimum absolute atomic E-state index is 0.141. The number of halogens is 3. The smallest absolute Gasteiger partial charge is 0.192 e. The van der Waals surface area contributed by atoms with E-state index in [0.29, 0.717) is 29.6 Å². The van der Waals surface area contributed by atoms with Gasteiger partial charge in [-0.05, 0) is 92.0 Å². The Morgan fingerprint density at radius 2 is 1.60 bits per heavy atom. The van der Waals surface area contributed by atoms with Gasteiger partial charge in [-0.2, -0.15) is 0 Å². The van der Waals surface area contributed by atoms with E-state index in [1.54, 1.807) is 25.1 Å². The summed E-state index contributed by atoms with van der Waals surface area (Å²) in [5.41, 5.74) is 2.37. The van der Waals surface area contributed by atoms with Gasteiger partial charge in [-0.15, -0.1) is 0 Å². The van der Waals surface area contributed by atoms with Crippen molar-refractivity contribution in [3.8, 4) is 0 Å². The summed E-state index contributed by atoms with van der Waals surface area (Å²) in [7, 11) is 0. The molecule has 1 aromatic carbocycles. The number of hydrogen-bond acceptors (Lipinski definition) is 1. The number of alkyl halides is 2. The lowest BCUT2D eigenvalue weighted by molar-refractivity contribution is 0.0783. The van der Waals surface area contributed by atoms with Crippen LogP contribution < -0.4 is 0 Å². The van der Waals surface area contributed by atoms with Gasteiger partial charge in [0.1, 0.15) is 11.6 Å². The van der Waals surface area contributed by atoms with Gasteiger partial charge < -0.3 is 4.74 Å². The predicted molar refractivity (Wildman–Crippen MR) is 114 cm³/mol. The Kier molecular flexibility index (Phi) is 6.90. The third kappa shape index (κ3) is 4.78. The molecule has 0 spiro atoms. The van der Waals surface area contributed by atoms with Crippen LogP contribution in [0.4, 0.5) is 13.2 Å². The number of rotatable bonds is 5. The van der Waals surface area contributed by atoms with Crippen LogP contribution in [-0.2, 0) is 4.74 Å². The largest absolute Gasteiger partial charge is 0.494 e. The molecule has 2 unspecified atom stereocenters. The van der Waals surface area contributed by atoms with Gasteiger partial charge in [0, 0.05) is 0 Å². The molecule has 1 nitrogen and oxygen atoms in total. The summed E-state index contributed by atoms with van der Waals surface area (Å²) in [4.78, 5) is 0. The summed E-state index contributed by atoms with van der Waals surface area (Å²) < 4.78 is 49.1. The van der Waals surface area contributed by atoms with Crippen LogP contribution in [-0.4, -0.2) is 19.0 Å². The molecule has 2 fully saturated rings. The van der Waals surface area contributed by atoms with Gasteiger partial charge in [0.05, 0.1) is 6.61 Å². The van der Waals surface area contributed by atoms with E-state index in [9.17, 15) is 13.2 Å². The van der Waals surface area contributed by atoms with Crippen molar-refractivity contribution in [3.63, 3.8) is 0 Å². The van der Waals surface area contributed by atoms with Gasteiger partial charge in [-0.1, -0.05) is 37.5 Å². The summed E-state index contributed by atoms with van der Waals surface area (Å²) in [5, 5.41) is 0. The predicted octanol–water partition coefficient (Wildman–Crippen LogP) is 7.50. The molecular weight excluding hydrogens is 385 g/mol. The lowest BCUT2D eigenvalue weighted by atomic mass is 9.78. The van der Waals surface area contributed by atoms with Crippen molar-refractivity contribution in [2.45, 2.75) is 83.0 Å². The molecule has 1 aromatic rings. The highest BCUT2D eigenvalue weighted by atomic mass is 19.2. The zero-order chi connectivity index (χ0) is 21.1. The Balaban J connectivity index is 1.29. The minimum atomic E-state index is -1.68. The van der Waals surface area contributed by atoms with E-state index in [1.807, 2.05) is 12.1 Å². The first-order chi connectivity index (χ1) is 14.5. The molecule has 0 aromatic heterocycles. The maximum atomic E-state index is 14.7. The van der Waals surface area contributed by atoms with Crippen LogP contribution >= 0.6 is 0 Å². The molecule has 0 N–H and O–H groups in total. The van der Waals surface area contributed by atoms with Gasteiger partial charge in [-0.25, -0.2) is 13.2 Å². The fraction of sp³-hybridized carbons (Fsp3) is 0.615. The summed E-state index contributed by atoms with van der Waals surface area (Å²) in [6.45, 7) is 2.21. The molecule has 164 valence electrons. The van der Waals surface area contributed by atoms with Crippen LogP contribution in [0.1, 0.15) is 74.8 Å². The molecule has 0 amide bonds. The van der Waals surface area contributed by atoms with Crippen molar-refractivity contribution in [2.75, 3.05) is 6.61 Å². The molecule has 3 aliphatic carbocycles. The number of allylic oxidation sites excluding steroid dienone is 4. The Labute approximate surface area is 178 Å². The van der Waals surface area contributed by atoms with Crippen molar-refractivity contribution in [2.24, 2.45) is 11.8 Å². The summed E-state index contributed by atoms with van der Waals surface area (Å²) in [6.07, 6.45) is 9.42. The monoisotopic (exact) mass is 418 g/mol. The zero-order valence-corrected chi connectivity index (χ0v) is 17.9. The van der Waals surface area contributed by atoms with Crippen LogP contribution in [0.25, 0.3) is 0 Å². The molecule has 4 heteroatoms. The van der Waals surface area contributed by atoms with E-state index >= 15 is 0 Å². The first kappa shape index (κ1) is 21.5. The fourth-order valence-corrected chi connectivity index (χ4v) is 5.34. The maximum Gasteiger partial charge on any atom is 0.192 e. The minimum Gasteiger partial charge on any atom is -0.494 e. The number of benzene rings is 1. The highest BCUT2D eigenvalue weighted by molar-refractivity contribution is 5.31. The topological polar surface area (TPSA) is 9.23 Å². The molecule has 0 radical (unpaired) electrons. The second kappa shape index (κ2) is 9.62. The van der Waals surface area contributed by atoms with E-state index in [2.05, 4.69) is 0 Å². The molecule has 4 rings (SSSR count). The van der Waals surface area contributed by atoms with Crippen molar-refractivity contribution < 1.29 is 17.9 Å². The highest BCUT2D eigenvalue weighted by Crippen LogP contribution is 2.39. The second-order valence-electron chi connectivity index (χ2n) is 9.41. The zero-order valence-electron chi connectivity index (χ0n) is 17.9. The Morgan fingerprint density at radius 1 is 0.867 bits per heavy atom. The SMILES string of the molecule is Cc1ccc(C2CCC(COC3=CC=C(C4CCCCC4)C(F)C3F)CC2)cc1F. The van der Waals surface area contributed by atoms with Crippen molar-refractivity contribution in [3.05, 3.63) is 58.6 Å².